The van der Waals surface area contributed by atoms with E-state index < -0.39 is 17.8 Å². The van der Waals surface area contributed by atoms with Gasteiger partial charge in [-0.05, 0) is 42.8 Å². The van der Waals surface area contributed by atoms with Gasteiger partial charge in [-0.15, -0.1) is 11.3 Å². The monoisotopic (exact) mass is 396 g/mol. The lowest BCUT2D eigenvalue weighted by atomic mass is 10.1. The minimum atomic E-state index is -4.48. The lowest BCUT2D eigenvalue weighted by Crippen LogP contribution is -2.47. The Balaban J connectivity index is 1.74. The van der Waals surface area contributed by atoms with Crippen molar-refractivity contribution in [2.24, 2.45) is 0 Å². The van der Waals surface area contributed by atoms with E-state index in [0.29, 0.717) is 4.88 Å². The summed E-state index contributed by atoms with van der Waals surface area (Å²) in [5.41, 5.74) is -0.680. The van der Waals surface area contributed by atoms with E-state index in [2.05, 4.69) is 5.32 Å². The molecular formula is C19H19F3N2O2S. The predicted molar refractivity (Wildman–Crippen MR) is 96.3 cm³/mol. The Bertz CT molecular complexity index is 817. The Morgan fingerprint density at radius 1 is 1.22 bits per heavy atom. The van der Waals surface area contributed by atoms with Gasteiger partial charge in [-0.2, -0.15) is 13.2 Å². The SMILES string of the molecule is CC(NC(=O)c1cccs1)C(=O)N(Cc1ccccc1C(F)(F)F)C1CC1. The second-order valence-corrected chi connectivity index (χ2v) is 7.47. The Hall–Kier alpha value is -2.35. The Morgan fingerprint density at radius 2 is 1.93 bits per heavy atom. The summed E-state index contributed by atoms with van der Waals surface area (Å²) in [4.78, 5) is 26.9. The maximum absolute atomic E-state index is 13.2. The summed E-state index contributed by atoms with van der Waals surface area (Å²) in [6.45, 7) is 1.43. The summed E-state index contributed by atoms with van der Waals surface area (Å²) >= 11 is 1.26. The first kappa shape index (κ1) is 19.4. The van der Waals surface area contributed by atoms with Crippen molar-refractivity contribution < 1.29 is 22.8 Å². The summed E-state index contributed by atoms with van der Waals surface area (Å²) in [7, 11) is 0. The predicted octanol–water partition coefficient (Wildman–Crippen LogP) is 4.08. The molecule has 2 amide bonds. The largest absolute Gasteiger partial charge is 0.416 e. The maximum atomic E-state index is 13.2. The number of nitrogens with zero attached hydrogens (tertiary/aromatic N) is 1. The fourth-order valence-electron chi connectivity index (χ4n) is 2.88. The van der Waals surface area contributed by atoms with Crippen molar-refractivity contribution in [2.75, 3.05) is 0 Å². The number of thiophene rings is 1. The zero-order valence-electron chi connectivity index (χ0n) is 14.6. The average molecular weight is 396 g/mol. The Morgan fingerprint density at radius 3 is 2.52 bits per heavy atom. The van der Waals surface area contributed by atoms with Crippen molar-refractivity contribution >= 4 is 23.2 Å². The van der Waals surface area contributed by atoms with Crippen molar-refractivity contribution in [3.63, 3.8) is 0 Å². The van der Waals surface area contributed by atoms with E-state index in [1.807, 2.05) is 0 Å². The number of hydrogen-bond donors (Lipinski definition) is 1. The van der Waals surface area contributed by atoms with Crippen molar-refractivity contribution in [3.05, 3.63) is 57.8 Å². The van der Waals surface area contributed by atoms with E-state index in [4.69, 9.17) is 0 Å². The van der Waals surface area contributed by atoms with Crippen LogP contribution in [0.1, 0.15) is 40.6 Å². The molecule has 8 heteroatoms. The van der Waals surface area contributed by atoms with Crippen molar-refractivity contribution in [1.82, 2.24) is 10.2 Å². The standard InChI is InChI=1S/C19H19F3N2O2S/c1-12(23-17(25)16-7-4-10-27-16)18(26)24(14-8-9-14)11-13-5-2-3-6-15(13)19(20,21)22/h2-7,10,12,14H,8-9,11H2,1H3,(H,23,25). The molecule has 1 saturated carbocycles. The van der Waals surface area contributed by atoms with E-state index in [1.165, 1.54) is 34.4 Å². The first-order chi connectivity index (χ1) is 12.8. The number of nitrogens with one attached hydrogen (secondary N) is 1. The van der Waals surface area contributed by atoms with Gasteiger partial charge in [-0.3, -0.25) is 9.59 Å². The minimum Gasteiger partial charge on any atom is -0.340 e. The molecule has 0 aliphatic heterocycles. The molecule has 1 aliphatic carbocycles. The molecule has 2 aromatic rings. The molecule has 1 fully saturated rings. The number of carbonyl (C=O) groups excluding carboxylic acids is 2. The molecule has 0 saturated heterocycles. The van der Waals surface area contributed by atoms with E-state index in [0.717, 1.165) is 18.9 Å². The number of hydrogen-bond acceptors (Lipinski definition) is 3. The Kier molecular flexibility index (Phi) is 5.55. The van der Waals surface area contributed by atoms with E-state index in [9.17, 15) is 22.8 Å². The number of alkyl halides is 3. The van der Waals surface area contributed by atoms with Gasteiger partial charge in [-0.1, -0.05) is 24.3 Å². The van der Waals surface area contributed by atoms with Crippen LogP contribution in [0, 0.1) is 0 Å². The molecule has 0 radical (unpaired) electrons. The first-order valence-corrected chi connectivity index (χ1v) is 9.45. The molecule has 1 heterocycles. The molecule has 1 unspecified atom stereocenters. The molecule has 1 atom stereocenters. The molecule has 1 aliphatic rings. The lowest BCUT2D eigenvalue weighted by Gasteiger charge is -2.27. The molecule has 1 aromatic carbocycles. The third-order valence-corrected chi connectivity index (χ3v) is 5.27. The van der Waals surface area contributed by atoms with Crippen LogP contribution >= 0.6 is 11.3 Å². The van der Waals surface area contributed by atoms with Gasteiger partial charge in [0.1, 0.15) is 6.04 Å². The number of amides is 2. The van der Waals surface area contributed by atoms with Gasteiger partial charge < -0.3 is 10.2 Å². The van der Waals surface area contributed by atoms with Crippen molar-refractivity contribution in [2.45, 2.75) is 44.6 Å². The van der Waals surface area contributed by atoms with E-state index in [-0.39, 0.29) is 30.0 Å². The highest BCUT2D eigenvalue weighted by Gasteiger charge is 2.38. The second kappa shape index (κ2) is 7.72. The first-order valence-electron chi connectivity index (χ1n) is 8.57. The zero-order chi connectivity index (χ0) is 19.6. The average Bonchev–Trinajstić information content (AvgIpc) is 3.30. The van der Waals surface area contributed by atoms with Crippen LogP contribution < -0.4 is 5.32 Å². The second-order valence-electron chi connectivity index (χ2n) is 6.52. The molecule has 4 nitrogen and oxygen atoms in total. The zero-order valence-corrected chi connectivity index (χ0v) is 15.4. The van der Waals surface area contributed by atoms with Gasteiger partial charge in [0, 0.05) is 12.6 Å². The normalized spacial score (nSPS) is 15.3. The van der Waals surface area contributed by atoms with Crippen LogP contribution in [0.3, 0.4) is 0 Å². The molecule has 0 bridgehead atoms. The molecule has 0 spiro atoms. The molecule has 1 aromatic heterocycles. The molecule has 144 valence electrons. The summed E-state index contributed by atoms with van der Waals surface area (Å²) in [6, 6.07) is 7.75. The topological polar surface area (TPSA) is 49.4 Å². The molecule has 27 heavy (non-hydrogen) atoms. The quantitative estimate of drug-likeness (QED) is 0.800. The summed E-state index contributed by atoms with van der Waals surface area (Å²) in [6.07, 6.45) is -2.97. The van der Waals surface area contributed by atoms with E-state index in [1.54, 1.807) is 24.4 Å². The van der Waals surface area contributed by atoms with Gasteiger partial charge in [0.05, 0.1) is 10.4 Å². The number of benzene rings is 1. The Labute approximate surface area is 159 Å². The number of halogens is 3. The van der Waals surface area contributed by atoms with Crippen LogP contribution in [0.5, 0.6) is 0 Å². The molecular weight excluding hydrogens is 377 g/mol. The lowest BCUT2D eigenvalue weighted by molar-refractivity contribution is -0.140. The van der Waals surface area contributed by atoms with Crippen LogP contribution in [0.2, 0.25) is 0 Å². The highest BCUT2D eigenvalue weighted by Crippen LogP contribution is 2.35. The highest BCUT2D eigenvalue weighted by atomic mass is 32.1. The van der Waals surface area contributed by atoms with Crippen LogP contribution in [0.15, 0.2) is 41.8 Å². The van der Waals surface area contributed by atoms with Crippen LogP contribution in [-0.2, 0) is 17.5 Å². The van der Waals surface area contributed by atoms with Crippen LogP contribution in [0.25, 0.3) is 0 Å². The summed E-state index contributed by atoms with van der Waals surface area (Å²) in [5.74, 6) is -0.739. The molecule has 3 rings (SSSR count). The van der Waals surface area contributed by atoms with Crippen molar-refractivity contribution in [1.29, 1.82) is 0 Å². The third kappa shape index (κ3) is 4.68. The summed E-state index contributed by atoms with van der Waals surface area (Å²) < 4.78 is 39.7. The van der Waals surface area contributed by atoms with Gasteiger partial charge in [-0.25, -0.2) is 0 Å². The third-order valence-electron chi connectivity index (χ3n) is 4.40. The highest BCUT2D eigenvalue weighted by molar-refractivity contribution is 7.12. The maximum Gasteiger partial charge on any atom is 0.416 e. The fourth-order valence-corrected chi connectivity index (χ4v) is 3.50. The van der Waals surface area contributed by atoms with Crippen LogP contribution in [-0.4, -0.2) is 28.8 Å². The number of rotatable bonds is 6. The van der Waals surface area contributed by atoms with Crippen molar-refractivity contribution in [3.8, 4) is 0 Å². The number of carbonyl (C=O) groups is 2. The smallest absolute Gasteiger partial charge is 0.340 e. The van der Waals surface area contributed by atoms with Gasteiger partial charge >= 0.3 is 6.18 Å². The van der Waals surface area contributed by atoms with Gasteiger partial charge in [0.15, 0.2) is 0 Å². The summed E-state index contributed by atoms with van der Waals surface area (Å²) in [5, 5.41) is 4.39. The van der Waals surface area contributed by atoms with Gasteiger partial charge in [0.25, 0.3) is 5.91 Å². The van der Waals surface area contributed by atoms with E-state index >= 15 is 0 Å². The van der Waals surface area contributed by atoms with Crippen LogP contribution in [0.4, 0.5) is 13.2 Å². The fraction of sp³-hybridized carbons (Fsp3) is 0.368. The minimum absolute atomic E-state index is 0.0574. The molecule has 1 N–H and O–H groups in total. The van der Waals surface area contributed by atoms with Gasteiger partial charge in [0.2, 0.25) is 5.91 Å².